The van der Waals surface area contributed by atoms with Crippen molar-refractivity contribution in [2.45, 2.75) is 25.3 Å². The number of alkyl halides is 2. The molecule has 1 aromatic carbocycles. The molecule has 2 amide bonds. The topological polar surface area (TPSA) is 86.1 Å². The summed E-state index contributed by atoms with van der Waals surface area (Å²) in [6.07, 6.45) is 0.816. The molecule has 0 saturated carbocycles. The number of nitrogens with zero attached hydrogens (tertiary/aromatic N) is 3. The first-order chi connectivity index (χ1) is 12.3. The molecule has 134 valence electrons. The molecule has 26 heavy (non-hydrogen) atoms. The van der Waals surface area contributed by atoms with Crippen LogP contribution in [0.2, 0.25) is 0 Å². The summed E-state index contributed by atoms with van der Waals surface area (Å²) in [6, 6.07) is 7.47. The number of nitrogens with one attached hydrogen (secondary N) is 1. The number of hydrogen-bond acceptors (Lipinski definition) is 4. The van der Waals surface area contributed by atoms with Crippen LogP contribution in [-0.2, 0) is 4.79 Å². The molecule has 1 aliphatic heterocycles. The quantitative estimate of drug-likeness (QED) is 0.910. The van der Waals surface area contributed by atoms with Crippen LogP contribution in [0.4, 0.5) is 8.78 Å². The Balaban J connectivity index is 1.73. The van der Waals surface area contributed by atoms with Crippen LogP contribution in [0.1, 0.15) is 22.3 Å². The van der Waals surface area contributed by atoms with Crippen LogP contribution in [-0.4, -0.2) is 46.8 Å². The lowest BCUT2D eigenvalue weighted by Gasteiger charge is -2.19. The fraction of sp³-hybridized carbons (Fsp3) is 0.333. The number of para-hydroxylation sites is 1. The van der Waals surface area contributed by atoms with Gasteiger partial charge < -0.3 is 10.2 Å². The smallest absolute Gasteiger partial charge is 0.268 e. The van der Waals surface area contributed by atoms with E-state index in [-0.39, 0.29) is 0 Å². The zero-order valence-electron chi connectivity index (χ0n) is 14.0. The number of rotatable bonds is 3. The van der Waals surface area contributed by atoms with Gasteiger partial charge in [-0.3, -0.25) is 14.6 Å². The molecule has 1 fully saturated rings. The third kappa shape index (κ3) is 3.33. The SMILES string of the molecule is Cc1cccc2c(C(=O)NCC(=O)N3CC(F)(F)C[C@H]3C#N)ccnc12. The van der Waals surface area contributed by atoms with Gasteiger partial charge in [-0.15, -0.1) is 0 Å². The number of carbonyl (C=O) groups is 2. The summed E-state index contributed by atoms with van der Waals surface area (Å²) >= 11 is 0. The van der Waals surface area contributed by atoms with Gasteiger partial charge in [0.2, 0.25) is 5.91 Å². The van der Waals surface area contributed by atoms with Crippen molar-refractivity contribution in [2.75, 3.05) is 13.1 Å². The largest absolute Gasteiger partial charge is 0.343 e. The van der Waals surface area contributed by atoms with Gasteiger partial charge in [-0.1, -0.05) is 18.2 Å². The average molecular weight is 358 g/mol. The Labute approximate surface area is 148 Å². The molecule has 1 aliphatic rings. The number of hydrogen-bond donors (Lipinski definition) is 1. The lowest BCUT2D eigenvalue weighted by atomic mass is 10.1. The fourth-order valence-electron chi connectivity index (χ4n) is 3.07. The first-order valence-corrected chi connectivity index (χ1v) is 8.02. The van der Waals surface area contributed by atoms with Gasteiger partial charge >= 0.3 is 0 Å². The molecule has 0 spiro atoms. The van der Waals surface area contributed by atoms with Crippen molar-refractivity contribution in [3.05, 3.63) is 41.6 Å². The molecule has 3 rings (SSSR count). The van der Waals surface area contributed by atoms with E-state index in [1.807, 2.05) is 13.0 Å². The Kier molecular flexibility index (Phi) is 4.55. The molecule has 0 radical (unpaired) electrons. The highest BCUT2D eigenvalue weighted by atomic mass is 19.3. The lowest BCUT2D eigenvalue weighted by Crippen LogP contribution is -2.43. The monoisotopic (exact) mass is 358 g/mol. The Morgan fingerprint density at radius 2 is 2.19 bits per heavy atom. The van der Waals surface area contributed by atoms with Crippen LogP contribution in [0.25, 0.3) is 10.9 Å². The summed E-state index contributed by atoms with van der Waals surface area (Å²) in [5.74, 6) is -4.30. The van der Waals surface area contributed by atoms with Crippen LogP contribution in [0, 0.1) is 18.3 Å². The van der Waals surface area contributed by atoms with E-state index in [9.17, 15) is 18.4 Å². The Morgan fingerprint density at radius 3 is 2.92 bits per heavy atom. The molecular weight excluding hydrogens is 342 g/mol. The maximum atomic E-state index is 13.4. The van der Waals surface area contributed by atoms with Crippen molar-refractivity contribution in [3.63, 3.8) is 0 Å². The van der Waals surface area contributed by atoms with Gasteiger partial charge in [0.15, 0.2) is 0 Å². The first-order valence-electron chi connectivity index (χ1n) is 8.02. The van der Waals surface area contributed by atoms with Crippen molar-refractivity contribution >= 4 is 22.7 Å². The van der Waals surface area contributed by atoms with E-state index >= 15 is 0 Å². The molecule has 2 heterocycles. The molecule has 6 nitrogen and oxygen atoms in total. The van der Waals surface area contributed by atoms with Crippen LogP contribution in [0.5, 0.6) is 0 Å². The lowest BCUT2D eigenvalue weighted by molar-refractivity contribution is -0.131. The summed E-state index contributed by atoms with van der Waals surface area (Å²) in [5, 5.41) is 12.0. The van der Waals surface area contributed by atoms with E-state index in [4.69, 9.17) is 5.26 Å². The molecule has 0 aliphatic carbocycles. The van der Waals surface area contributed by atoms with E-state index in [0.717, 1.165) is 10.5 Å². The number of likely N-dealkylation sites (tertiary alicyclic amines) is 1. The van der Waals surface area contributed by atoms with Gasteiger partial charge in [0, 0.05) is 18.0 Å². The number of pyridine rings is 1. The minimum absolute atomic E-state index is 0.343. The minimum Gasteiger partial charge on any atom is -0.343 e. The van der Waals surface area contributed by atoms with Crippen LogP contribution >= 0.6 is 0 Å². The standard InChI is InChI=1S/C18H16F2N4O2/c1-11-3-2-4-13-14(5-6-22-16(11)13)17(26)23-9-15(25)24-10-18(19,20)7-12(24)8-21/h2-6,12H,7,9-10H2,1H3,(H,23,26)/t12-/m0/s1. The Bertz CT molecular complexity index is 923. The molecule has 0 bridgehead atoms. The number of aryl methyl sites for hydroxylation is 1. The van der Waals surface area contributed by atoms with Gasteiger partial charge in [0.05, 0.1) is 30.2 Å². The molecule has 0 unspecified atom stereocenters. The van der Waals surface area contributed by atoms with Gasteiger partial charge in [-0.05, 0) is 18.6 Å². The number of aromatic nitrogens is 1. The number of nitriles is 1. The summed E-state index contributed by atoms with van der Waals surface area (Å²) in [6.45, 7) is 0.607. The predicted octanol–water partition coefficient (Wildman–Crippen LogP) is 2.03. The maximum Gasteiger partial charge on any atom is 0.268 e. The highest BCUT2D eigenvalue weighted by Gasteiger charge is 2.47. The van der Waals surface area contributed by atoms with E-state index in [2.05, 4.69) is 10.3 Å². The van der Waals surface area contributed by atoms with Gasteiger partial charge in [-0.2, -0.15) is 5.26 Å². The second-order valence-electron chi connectivity index (χ2n) is 6.24. The Morgan fingerprint density at radius 1 is 1.42 bits per heavy atom. The summed E-state index contributed by atoms with van der Waals surface area (Å²) in [7, 11) is 0. The zero-order valence-corrected chi connectivity index (χ0v) is 14.0. The fourth-order valence-corrected chi connectivity index (χ4v) is 3.07. The van der Waals surface area contributed by atoms with Crippen molar-refractivity contribution in [1.82, 2.24) is 15.2 Å². The molecular formula is C18H16F2N4O2. The van der Waals surface area contributed by atoms with Gasteiger partial charge in [-0.25, -0.2) is 8.78 Å². The van der Waals surface area contributed by atoms with Gasteiger partial charge in [0.25, 0.3) is 11.8 Å². The van der Waals surface area contributed by atoms with Crippen LogP contribution < -0.4 is 5.32 Å². The van der Waals surface area contributed by atoms with Crippen molar-refractivity contribution < 1.29 is 18.4 Å². The van der Waals surface area contributed by atoms with E-state index < -0.39 is 43.3 Å². The maximum absolute atomic E-state index is 13.4. The molecule has 1 atom stereocenters. The Hall–Kier alpha value is -3.08. The third-order valence-corrected chi connectivity index (χ3v) is 4.36. The highest BCUT2D eigenvalue weighted by Crippen LogP contribution is 2.31. The van der Waals surface area contributed by atoms with Crippen molar-refractivity contribution in [2.24, 2.45) is 0 Å². The second kappa shape index (κ2) is 6.67. The number of carbonyl (C=O) groups excluding carboxylic acids is 2. The molecule has 1 aromatic heterocycles. The van der Waals surface area contributed by atoms with Crippen molar-refractivity contribution in [3.8, 4) is 6.07 Å². The highest BCUT2D eigenvalue weighted by molar-refractivity contribution is 6.07. The summed E-state index contributed by atoms with van der Waals surface area (Å²) < 4.78 is 26.9. The number of halogens is 2. The minimum atomic E-state index is -3.08. The van der Waals surface area contributed by atoms with Crippen LogP contribution in [0.3, 0.4) is 0 Å². The van der Waals surface area contributed by atoms with E-state index in [0.29, 0.717) is 16.5 Å². The van der Waals surface area contributed by atoms with Crippen LogP contribution in [0.15, 0.2) is 30.5 Å². The van der Waals surface area contributed by atoms with Crippen molar-refractivity contribution in [1.29, 1.82) is 5.26 Å². The molecule has 8 heteroatoms. The first kappa shape index (κ1) is 17.7. The number of amides is 2. The van der Waals surface area contributed by atoms with Gasteiger partial charge in [0.1, 0.15) is 6.04 Å². The van der Waals surface area contributed by atoms with E-state index in [1.54, 1.807) is 18.2 Å². The second-order valence-corrected chi connectivity index (χ2v) is 6.24. The average Bonchev–Trinajstić information content (AvgIpc) is 2.94. The predicted molar refractivity (Wildman–Crippen MR) is 89.5 cm³/mol. The summed E-state index contributed by atoms with van der Waals surface area (Å²) in [5.41, 5.74) is 1.93. The molecule has 2 aromatic rings. The normalized spacial score (nSPS) is 18.5. The summed E-state index contributed by atoms with van der Waals surface area (Å²) in [4.78, 5) is 29.7. The molecule has 1 saturated heterocycles. The molecule has 1 N–H and O–H groups in total. The number of fused-ring (bicyclic) bond motifs is 1. The zero-order chi connectivity index (χ0) is 18.9. The number of benzene rings is 1. The third-order valence-electron chi connectivity index (χ3n) is 4.36. The van der Waals surface area contributed by atoms with E-state index in [1.165, 1.54) is 12.3 Å².